The molecule has 148 valence electrons. The molecule has 1 aliphatic heterocycles. The van der Waals surface area contributed by atoms with Crippen molar-refractivity contribution < 1.29 is 9.59 Å². The monoisotopic (exact) mass is 379 g/mol. The molecular formula is C23H29N3O2. The van der Waals surface area contributed by atoms with Crippen LogP contribution in [0.4, 0.5) is 0 Å². The van der Waals surface area contributed by atoms with Crippen LogP contribution in [0, 0.1) is 5.92 Å². The minimum absolute atomic E-state index is 0.00980. The molecule has 1 unspecified atom stereocenters. The number of amides is 2. The summed E-state index contributed by atoms with van der Waals surface area (Å²) in [5.74, 6) is -0.243. The maximum absolute atomic E-state index is 12.6. The summed E-state index contributed by atoms with van der Waals surface area (Å²) in [6.45, 7) is 4.96. The van der Waals surface area contributed by atoms with Crippen molar-refractivity contribution in [2.24, 2.45) is 11.7 Å². The molecule has 5 nitrogen and oxygen atoms in total. The topological polar surface area (TPSA) is 66.6 Å². The zero-order valence-electron chi connectivity index (χ0n) is 16.5. The van der Waals surface area contributed by atoms with E-state index in [1.807, 2.05) is 24.0 Å². The molecule has 1 aliphatic rings. The van der Waals surface area contributed by atoms with Crippen LogP contribution in [0.15, 0.2) is 60.7 Å². The molecule has 3 rings (SSSR count). The van der Waals surface area contributed by atoms with Crippen LogP contribution in [0.2, 0.25) is 0 Å². The average Bonchev–Trinajstić information content (AvgIpc) is 2.70. The Kier molecular flexibility index (Phi) is 6.82. The van der Waals surface area contributed by atoms with Gasteiger partial charge in [-0.25, -0.2) is 0 Å². The first-order chi connectivity index (χ1) is 13.5. The average molecular weight is 380 g/mol. The van der Waals surface area contributed by atoms with Gasteiger partial charge < -0.3 is 10.6 Å². The number of hydrogen-bond donors (Lipinski definition) is 1. The van der Waals surface area contributed by atoms with Gasteiger partial charge in [0.05, 0.1) is 6.04 Å². The Balaban J connectivity index is 1.66. The van der Waals surface area contributed by atoms with E-state index in [1.54, 1.807) is 0 Å². The Morgan fingerprint density at radius 2 is 1.36 bits per heavy atom. The molecule has 1 atom stereocenters. The van der Waals surface area contributed by atoms with Gasteiger partial charge in [-0.1, -0.05) is 67.6 Å². The fourth-order valence-corrected chi connectivity index (χ4v) is 3.96. The highest BCUT2D eigenvalue weighted by atomic mass is 16.2. The van der Waals surface area contributed by atoms with Gasteiger partial charge in [-0.3, -0.25) is 14.5 Å². The Hall–Kier alpha value is -2.66. The van der Waals surface area contributed by atoms with Crippen LogP contribution in [-0.2, 0) is 9.59 Å². The van der Waals surface area contributed by atoms with E-state index in [9.17, 15) is 9.59 Å². The number of piperazine rings is 1. The maximum Gasteiger partial charge on any atom is 0.222 e. The van der Waals surface area contributed by atoms with Gasteiger partial charge >= 0.3 is 0 Å². The highest BCUT2D eigenvalue weighted by Crippen LogP contribution is 2.29. The fraction of sp³-hybridized carbons (Fsp3) is 0.391. The third-order valence-corrected chi connectivity index (χ3v) is 5.34. The van der Waals surface area contributed by atoms with E-state index in [0.29, 0.717) is 19.5 Å². The van der Waals surface area contributed by atoms with Gasteiger partial charge in [0.2, 0.25) is 11.8 Å². The van der Waals surface area contributed by atoms with Crippen molar-refractivity contribution in [3.8, 4) is 0 Å². The van der Waals surface area contributed by atoms with Gasteiger partial charge in [-0.15, -0.1) is 0 Å². The van der Waals surface area contributed by atoms with Crippen LogP contribution >= 0.6 is 0 Å². The van der Waals surface area contributed by atoms with Gasteiger partial charge in [0, 0.05) is 39.0 Å². The van der Waals surface area contributed by atoms with Gasteiger partial charge in [-0.2, -0.15) is 0 Å². The molecule has 0 bridgehead atoms. The summed E-state index contributed by atoms with van der Waals surface area (Å²) in [6.07, 6.45) is 0.638. The highest BCUT2D eigenvalue weighted by molar-refractivity contribution is 5.78. The number of nitrogens with two attached hydrogens (primary N) is 1. The van der Waals surface area contributed by atoms with Crippen molar-refractivity contribution in [3.63, 3.8) is 0 Å². The minimum atomic E-state index is -0.348. The van der Waals surface area contributed by atoms with Crippen LogP contribution in [0.25, 0.3) is 0 Å². The van der Waals surface area contributed by atoms with Crippen molar-refractivity contribution >= 4 is 11.8 Å². The first-order valence-corrected chi connectivity index (χ1v) is 9.94. The molecule has 1 heterocycles. The van der Waals surface area contributed by atoms with E-state index in [4.69, 9.17) is 5.73 Å². The van der Waals surface area contributed by atoms with E-state index >= 15 is 0 Å². The number of carbonyl (C=O) groups is 2. The zero-order valence-corrected chi connectivity index (χ0v) is 16.5. The molecule has 0 saturated carbocycles. The van der Waals surface area contributed by atoms with E-state index in [2.05, 4.69) is 53.4 Å². The Morgan fingerprint density at radius 1 is 0.857 bits per heavy atom. The fourth-order valence-electron chi connectivity index (χ4n) is 3.96. The van der Waals surface area contributed by atoms with Crippen molar-refractivity contribution in [3.05, 3.63) is 71.8 Å². The van der Waals surface area contributed by atoms with Gasteiger partial charge in [0.25, 0.3) is 0 Å². The molecule has 0 aliphatic carbocycles. The lowest BCUT2D eigenvalue weighted by Crippen LogP contribution is -2.50. The van der Waals surface area contributed by atoms with Crippen LogP contribution in [0.3, 0.4) is 0 Å². The summed E-state index contributed by atoms with van der Waals surface area (Å²) in [7, 11) is 0. The summed E-state index contributed by atoms with van der Waals surface area (Å²) >= 11 is 0. The lowest BCUT2D eigenvalue weighted by atomic mass is 9.96. The third-order valence-electron chi connectivity index (χ3n) is 5.34. The molecule has 28 heavy (non-hydrogen) atoms. The van der Waals surface area contributed by atoms with Gasteiger partial charge in [0.15, 0.2) is 0 Å². The Bertz CT molecular complexity index is 731. The molecule has 2 N–H and O–H groups in total. The molecule has 0 radical (unpaired) electrons. The summed E-state index contributed by atoms with van der Waals surface area (Å²) in [5, 5.41) is 0. The third kappa shape index (κ3) is 5.20. The van der Waals surface area contributed by atoms with Crippen molar-refractivity contribution in [1.82, 2.24) is 9.80 Å². The number of hydrogen-bond acceptors (Lipinski definition) is 3. The van der Waals surface area contributed by atoms with E-state index in [-0.39, 0.29) is 30.2 Å². The number of benzene rings is 2. The minimum Gasteiger partial charge on any atom is -0.370 e. The van der Waals surface area contributed by atoms with E-state index in [0.717, 1.165) is 13.1 Å². The highest BCUT2D eigenvalue weighted by Gasteiger charge is 2.28. The number of primary amides is 1. The summed E-state index contributed by atoms with van der Waals surface area (Å²) in [6, 6.07) is 21.2. The molecule has 2 amide bonds. The predicted molar refractivity (Wildman–Crippen MR) is 110 cm³/mol. The quantitative estimate of drug-likeness (QED) is 0.804. The first kappa shape index (κ1) is 20.1. The maximum atomic E-state index is 12.6. The molecule has 1 fully saturated rings. The van der Waals surface area contributed by atoms with Crippen LogP contribution in [-0.4, -0.2) is 47.8 Å². The molecular weight excluding hydrogens is 350 g/mol. The van der Waals surface area contributed by atoms with Crippen LogP contribution < -0.4 is 5.73 Å². The smallest absolute Gasteiger partial charge is 0.222 e. The molecule has 5 heteroatoms. The van der Waals surface area contributed by atoms with Crippen molar-refractivity contribution in [1.29, 1.82) is 0 Å². The molecule has 0 aromatic heterocycles. The zero-order chi connectivity index (χ0) is 19.9. The van der Waals surface area contributed by atoms with E-state index < -0.39 is 0 Å². The van der Waals surface area contributed by atoms with Crippen LogP contribution in [0.1, 0.15) is 36.9 Å². The summed E-state index contributed by atoms with van der Waals surface area (Å²) in [4.78, 5) is 28.0. The predicted octanol–water partition coefficient (Wildman–Crippen LogP) is 2.82. The molecule has 2 aromatic carbocycles. The number of carbonyl (C=O) groups excluding carboxylic acids is 2. The van der Waals surface area contributed by atoms with E-state index in [1.165, 1.54) is 11.1 Å². The SMILES string of the molecule is CC(CC(N)=O)CC(=O)N1CCN(C(c2ccccc2)c2ccccc2)CC1. The number of nitrogens with zero attached hydrogens (tertiary/aromatic N) is 2. The second kappa shape index (κ2) is 9.51. The number of rotatable bonds is 7. The summed E-state index contributed by atoms with van der Waals surface area (Å²) < 4.78 is 0. The van der Waals surface area contributed by atoms with Gasteiger partial charge in [-0.05, 0) is 17.0 Å². The second-order valence-electron chi connectivity index (χ2n) is 7.62. The first-order valence-electron chi connectivity index (χ1n) is 9.94. The Morgan fingerprint density at radius 3 is 1.82 bits per heavy atom. The lowest BCUT2D eigenvalue weighted by molar-refractivity contribution is -0.134. The molecule has 2 aromatic rings. The van der Waals surface area contributed by atoms with Crippen molar-refractivity contribution in [2.45, 2.75) is 25.8 Å². The molecule has 0 spiro atoms. The molecule has 1 saturated heterocycles. The van der Waals surface area contributed by atoms with Crippen molar-refractivity contribution in [2.75, 3.05) is 26.2 Å². The second-order valence-corrected chi connectivity index (χ2v) is 7.62. The largest absolute Gasteiger partial charge is 0.370 e. The Labute approximate surface area is 167 Å². The standard InChI is InChI=1S/C23H29N3O2/c1-18(16-21(24)27)17-22(28)25-12-14-26(15-13-25)23(19-8-4-2-5-9-19)20-10-6-3-7-11-20/h2-11,18,23H,12-17H2,1H3,(H2,24,27). The van der Waals surface area contributed by atoms with Crippen LogP contribution in [0.5, 0.6) is 0 Å². The lowest BCUT2D eigenvalue weighted by Gasteiger charge is -2.40. The van der Waals surface area contributed by atoms with Gasteiger partial charge in [0.1, 0.15) is 0 Å². The summed E-state index contributed by atoms with van der Waals surface area (Å²) in [5.41, 5.74) is 7.77. The normalized spacial score (nSPS) is 16.1.